The zero-order valence-electron chi connectivity index (χ0n) is 10.1. The number of hydrogen-bond acceptors (Lipinski definition) is 3. The second-order valence-corrected chi connectivity index (χ2v) is 5.86. The van der Waals surface area contributed by atoms with Gasteiger partial charge >= 0.3 is 0 Å². The second kappa shape index (κ2) is 4.89. The molecule has 2 aromatic rings. The first kappa shape index (κ1) is 13.4. The van der Waals surface area contributed by atoms with Crippen molar-refractivity contribution in [3.8, 4) is 5.75 Å². The van der Waals surface area contributed by atoms with Crippen molar-refractivity contribution in [2.75, 3.05) is 11.4 Å². The van der Waals surface area contributed by atoms with Gasteiger partial charge in [0.05, 0.1) is 5.69 Å². The molecule has 100 valence electrons. The largest absolute Gasteiger partial charge is 0.508 e. The van der Waals surface area contributed by atoms with Crippen molar-refractivity contribution in [2.24, 2.45) is 0 Å². The fraction of sp³-hybridized carbons (Fsp3) is 0.0769. The molecule has 0 unspecified atom stereocenters. The van der Waals surface area contributed by atoms with E-state index in [0.29, 0.717) is 5.69 Å². The minimum atomic E-state index is -3.96. The van der Waals surface area contributed by atoms with Gasteiger partial charge in [0.2, 0.25) is 0 Å². The summed E-state index contributed by atoms with van der Waals surface area (Å²) in [5, 5.41) is 9.17. The average molecular weight is 281 g/mol. The van der Waals surface area contributed by atoms with Crippen molar-refractivity contribution in [3.63, 3.8) is 0 Å². The van der Waals surface area contributed by atoms with Crippen molar-refractivity contribution < 1.29 is 17.9 Å². The number of anilines is 1. The van der Waals surface area contributed by atoms with Gasteiger partial charge in [0.15, 0.2) is 0 Å². The number of aromatic hydroxyl groups is 1. The van der Waals surface area contributed by atoms with Gasteiger partial charge in [-0.05, 0) is 36.4 Å². The molecule has 0 bridgehead atoms. The Morgan fingerprint density at radius 1 is 1.05 bits per heavy atom. The van der Waals surface area contributed by atoms with Crippen molar-refractivity contribution in [1.29, 1.82) is 0 Å². The molecule has 0 heterocycles. The molecule has 0 amide bonds. The summed E-state index contributed by atoms with van der Waals surface area (Å²) in [4.78, 5) is -0.384. The summed E-state index contributed by atoms with van der Waals surface area (Å²) in [5.41, 5.74) is 0.334. The Labute approximate surface area is 110 Å². The van der Waals surface area contributed by atoms with E-state index in [-0.39, 0.29) is 10.6 Å². The Bertz CT molecular complexity index is 683. The highest BCUT2D eigenvalue weighted by Crippen LogP contribution is 2.25. The highest BCUT2D eigenvalue weighted by Gasteiger charge is 2.24. The van der Waals surface area contributed by atoms with Crippen LogP contribution in [0.5, 0.6) is 5.75 Å². The summed E-state index contributed by atoms with van der Waals surface area (Å²) in [5.74, 6) is -0.770. The van der Waals surface area contributed by atoms with Gasteiger partial charge in [0.25, 0.3) is 10.0 Å². The number of phenols is 1. The molecule has 0 aliphatic rings. The Balaban J connectivity index is 2.45. The van der Waals surface area contributed by atoms with Gasteiger partial charge in [-0.15, -0.1) is 0 Å². The van der Waals surface area contributed by atoms with Crippen LogP contribution in [-0.2, 0) is 10.0 Å². The SMILES string of the molecule is CN(c1ccc(O)cc1)S(=O)(=O)c1ccccc1F. The lowest BCUT2D eigenvalue weighted by molar-refractivity contribution is 0.475. The molecule has 1 N–H and O–H groups in total. The van der Waals surface area contributed by atoms with E-state index >= 15 is 0 Å². The highest BCUT2D eigenvalue weighted by molar-refractivity contribution is 7.92. The topological polar surface area (TPSA) is 57.6 Å². The monoisotopic (exact) mass is 281 g/mol. The maximum absolute atomic E-state index is 13.6. The van der Waals surface area contributed by atoms with E-state index in [1.807, 2.05) is 0 Å². The van der Waals surface area contributed by atoms with Crippen molar-refractivity contribution >= 4 is 15.7 Å². The minimum Gasteiger partial charge on any atom is -0.508 e. The number of sulfonamides is 1. The second-order valence-electron chi connectivity index (χ2n) is 3.92. The zero-order chi connectivity index (χ0) is 14.0. The van der Waals surface area contributed by atoms with E-state index in [1.54, 1.807) is 0 Å². The van der Waals surface area contributed by atoms with E-state index in [4.69, 9.17) is 0 Å². The molecule has 0 radical (unpaired) electrons. The molecule has 2 rings (SSSR count). The fourth-order valence-corrected chi connectivity index (χ4v) is 2.86. The molecule has 2 aromatic carbocycles. The molecule has 0 aromatic heterocycles. The third-order valence-electron chi connectivity index (χ3n) is 2.69. The van der Waals surface area contributed by atoms with Crippen LogP contribution in [0.2, 0.25) is 0 Å². The molecule has 0 atom stereocenters. The van der Waals surface area contributed by atoms with Gasteiger partial charge in [-0.2, -0.15) is 0 Å². The molecule has 0 saturated carbocycles. The lowest BCUT2D eigenvalue weighted by Crippen LogP contribution is -2.27. The zero-order valence-corrected chi connectivity index (χ0v) is 10.9. The van der Waals surface area contributed by atoms with Gasteiger partial charge in [-0.1, -0.05) is 12.1 Å². The predicted octanol–water partition coefficient (Wildman–Crippen LogP) is 2.36. The Morgan fingerprint density at radius 2 is 1.63 bits per heavy atom. The summed E-state index contributed by atoms with van der Waals surface area (Å²) in [6.45, 7) is 0. The third-order valence-corrected chi connectivity index (χ3v) is 4.51. The summed E-state index contributed by atoms with van der Waals surface area (Å²) in [6.07, 6.45) is 0. The predicted molar refractivity (Wildman–Crippen MR) is 70.1 cm³/mol. The smallest absolute Gasteiger partial charge is 0.266 e. The van der Waals surface area contributed by atoms with E-state index in [0.717, 1.165) is 10.4 Å². The van der Waals surface area contributed by atoms with E-state index in [2.05, 4.69) is 0 Å². The number of halogens is 1. The highest BCUT2D eigenvalue weighted by atomic mass is 32.2. The van der Waals surface area contributed by atoms with Crippen LogP contribution in [0.1, 0.15) is 0 Å². The molecule has 0 saturated heterocycles. The van der Waals surface area contributed by atoms with Crippen molar-refractivity contribution in [3.05, 3.63) is 54.3 Å². The van der Waals surface area contributed by atoms with Gasteiger partial charge in [-0.3, -0.25) is 4.31 Å². The van der Waals surface area contributed by atoms with Crippen LogP contribution in [0, 0.1) is 5.82 Å². The van der Waals surface area contributed by atoms with Crippen LogP contribution in [0.25, 0.3) is 0 Å². The molecule has 6 heteroatoms. The summed E-state index contributed by atoms with van der Waals surface area (Å²) in [7, 11) is -2.63. The fourth-order valence-electron chi connectivity index (χ4n) is 1.60. The summed E-state index contributed by atoms with van der Waals surface area (Å²) in [6, 6.07) is 10.8. The van der Waals surface area contributed by atoms with Crippen LogP contribution in [-0.4, -0.2) is 20.6 Å². The number of rotatable bonds is 3. The van der Waals surface area contributed by atoms with Crippen LogP contribution in [0.15, 0.2) is 53.4 Å². The lowest BCUT2D eigenvalue weighted by Gasteiger charge is -2.19. The minimum absolute atomic E-state index is 0.0282. The molecular weight excluding hydrogens is 269 g/mol. The molecular formula is C13H12FNO3S. The molecule has 0 aliphatic carbocycles. The molecule has 19 heavy (non-hydrogen) atoms. The number of phenolic OH excluding ortho intramolecular Hbond substituents is 1. The molecule has 0 spiro atoms. The first-order valence-electron chi connectivity index (χ1n) is 5.45. The third kappa shape index (κ3) is 2.53. The first-order valence-corrected chi connectivity index (χ1v) is 6.89. The quantitative estimate of drug-likeness (QED) is 0.939. The van der Waals surface area contributed by atoms with Gasteiger partial charge in [0.1, 0.15) is 16.5 Å². The lowest BCUT2D eigenvalue weighted by atomic mass is 10.3. The van der Waals surface area contributed by atoms with E-state index in [9.17, 15) is 17.9 Å². The van der Waals surface area contributed by atoms with Gasteiger partial charge < -0.3 is 5.11 Å². The molecule has 4 nitrogen and oxygen atoms in total. The number of benzene rings is 2. The van der Waals surface area contributed by atoms with Crippen LogP contribution in [0.4, 0.5) is 10.1 Å². The number of hydrogen-bond donors (Lipinski definition) is 1. The van der Waals surface area contributed by atoms with Gasteiger partial charge in [0, 0.05) is 7.05 Å². The Kier molecular flexibility index (Phi) is 3.44. The Hall–Kier alpha value is -2.08. The first-order chi connectivity index (χ1) is 8.93. The average Bonchev–Trinajstić information content (AvgIpc) is 2.39. The standard InChI is InChI=1S/C13H12FNO3S/c1-15(10-6-8-11(16)9-7-10)19(17,18)13-5-3-2-4-12(13)14/h2-9,16H,1H3. The summed E-state index contributed by atoms with van der Waals surface area (Å²) < 4.78 is 39.1. The molecule has 0 fully saturated rings. The van der Waals surface area contributed by atoms with Crippen LogP contribution in [0.3, 0.4) is 0 Å². The normalized spacial score (nSPS) is 11.3. The van der Waals surface area contributed by atoms with E-state index < -0.39 is 15.8 Å². The maximum Gasteiger partial charge on any atom is 0.266 e. The van der Waals surface area contributed by atoms with Crippen molar-refractivity contribution in [1.82, 2.24) is 0 Å². The van der Waals surface area contributed by atoms with Crippen LogP contribution < -0.4 is 4.31 Å². The Morgan fingerprint density at radius 3 is 2.21 bits per heavy atom. The summed E-state index contributed by atoms with van der Waals surface area (Å²) >= 11 is 0. The van der Waals surface area contributed by atoms with E-state index in [1.165, 1.54) is 49.5 Å². The maximum atomic E-state index is 13.6. The number of nitrogens with zero attached hydrogens (tertiary/aromatic N) is 1. The van der Waals surface area contributed by atoms with Crippen LogP contribution >= 0.6 is 0 Å². The molecule has 0 aliphatic heterocycles. The van der Waals surface area contributed by atoms with Crippen molar-refractivity contribution in [2.45, 2.75) is 4.90 Å². The van der Waals surface area contributed by atoms with Gasteiger partial charge in [-0.25, -0.2) is 12.8 Å².